The van der Waals surface area contributed by atoms with E-state index in [2.05, 4.69) is 28.3 Å². The van der Waals surface area contributed by atoms with Crippen molar-refractivity contribution < 1.29 is 4.39 Å². The summed E-state index contributed by atoms with van der Waals surface area (Å²) < 4.78 is 9.17. The largest absolute Gasteiger partial charge is 0.318 e. The van der Waals surface area contributed by atoms with Crippen LogP contribution in [0, 0.1) is 0 Å². The standard InChI is InChI=1S/CH2Cl2FNS/c2-1(3,4)6-5/h5H2. The van der Waals surface area contributed by atoms with Gasteiger partial charge in [-0.25, -0.2) is 0 Å². The summed E-state index contributed by atoms with van der Waals surface area (Å²) in [5, 5.41) is 4.58. The van der Waals surface area contributed by atoms with Crippen LogP contribution in [0.25, 0.3) is 0 Å². The van der Waals surface area contributed by atoms with Gasteiger partial charge in [-0.05, 0) is 11.9 Å². The minimum absolute atomic E-state index is 0.246. The highest BCUT2D eigenvalue weighted by Crippen LogP contribution is 2.31. The molecule has 0 aromatic rings. The summed E-state index contributed by atoms with van der Waals surface area (Å²) in [6.45, 7) is 0. The van der Waals surface area contributed by atoms with Crippen molar-refractivity contribution in [3.8, 4) is 0 Å². The summed E-state index contributed by atoms with van der Waals surface area (Å²) in [5.74, 6) is 0. The van der Waals surface area contributed by atoms with Crippen molar-refractivity contribution in [2.45, 2.75) is 3.92 Å². The molecule has 0 aliphatic heterocycles. The molecule has 6 heavy (non-hydrogen) atoms. The third-order valence-electron chi connectivity index (χ3n) is 0.134. The minimum atomic E-state index is -2.32. The molecule has 0 spiro atoms. The lowest BCUT2D eigenvalue weighted by Gasteiger charge is -1.99. The molecule has 0 unspecified atom stereocenters. The molecule has 0 radical (unpaired) electrons. The Morgan fingerprint density at radius 1 is 1.67 bits per heavy atom. The van der Waals surface area contributed by atoms with Crippen molar-refractivity contribution in [1.29, 1.82) is 0 Å². The van der Waals surface area contributed by atoms with E-state index in [1.165, 1.54) is 0 Å². The van der Waals surface area contributed by atoms with Gasteiger partial charge in [-0.15, -0.1) is 0 Å². The van der Waals surface area contributed by atoms with Crippen LogP contribution < -0.4 is 5.14 Å². The molecule has 0 fully saturated rings. The van der Waals surface area contributed by atoms with Crippen LogP contribution in [0.3, 0.4) is 0 Å². The molecule has 0 heterocycles. The van der Waals surface area contributed by atoms with Crippen molar-refractivity contribution in [3.05, 3.63) is 0 Å². The van der Waals surface area contributed by atoms with Gasteiger partial charge in [-0.2, -0.15) is 4.39 Å². The van der Waals surface area contributed by atoms with Crippen LogP contribution in [0.1, 0.15) is 0 Å². The highest BCUT2D eigenvalue weighted by atomic mass is 35.5. The second-order valence-electron chi connectivity index (χ2n) is 0.564. The Bertz CT molecular complexity index is 43.3. The Morgan fingerprint density at radius 2 is 1.83 bits per heavy atom. The first-order valence-corrected chi connectivity index (χ1v) is 2.64. The van der Waals surface area contributed by atoms with Crippen LogP contribution in [0.2, 0.25) is 0 Å². The first-order chi connectivity index (χ1) is 2.56. The highest BCUT2D eigenvalue weighted by Gasteiger charge is 2.19. The van der Waals surface area contributed by atoms with Gasteiger partial charge in [-0.1, -0.05) is 23.2 Å². The van der Waals surface area contributed by atoms with Gasteiger partial charge >= 0.3 is 3.92 Å². The van der Waals surface area contributed by atoms with Gasteiger partial charge in [0, 0.05) is 0 Å². The normalized spacial score (nSPS) is 12.0. The molecule has 0 rings (SSSR count). The van der Waals surface area contributed by atoms with E-state index in [9.17, 15) is 4.39 Å². The second kappa shape index (κ2) is 2.21. The van der Waals surface area contributed by atoms with Gasteiger partial charge in [0.15, 0.2) is 0 Å². The first-order valence-electron chi connectivity index (χ1n) is 1.01. The molecule has 38 valence electrons. The number of halogens is 3. The van der Waals surface area contributed by atoms with Crippen molar-refractivity contribution >= 4 is 35.1 Å². The number of nitrogens with two attached hydrogens (primary N) is 1. The summed E-state index contributed by atoms with van der Waals surface area (Å²) in [5.41, 5.74) is 0. The van der Waals surface area contributed by atoms with E-state index in [4.69, 9.17) is 0 Å². The Hall–Kier alpha value is 0.820. The van der Waals surface area contributed by atoms with Crippen molar-refractivity contribution in [2.75, 3.05) is 0 Å². The second-order valence-corrected chi connectivity index (χ2v) is 3.05. The van der Waals surface area contributed by atoms with Crippen LogP contribution in [0.15, 0.2) is 0 Å². The van der Waals surface area contributed by atoms with Gasteiger partial charge in [0.25, 0.3) is 0 Å². The predicted molar refractivity (Wildman–Crippen MR) is 27.3 cm³/mol. The maximum atomic E-state index is 11.5. The van der Waals surface area contributed by atoms with Crippen LogP contribution in [0.4, 0.5) is 4.39 Å². The molecule has 0 aliphatic rings. The lowest BCUT2D eigenvalue weighted by Crippen LogP contribution is -1.99. The minimum Gasteiger partial charge on any atom is -0.273 e. The number of alkyl halides is 3. The summed E-state index contributed by atoms with van der Waals surface area (Å²) in [6.07, 6.45) is 0. The zero-order valence-corrected chi connectivity index (χ0v) is 4.95. The Labute approximate surface area is 49.1 Å². The fraction of sp³-hybridized carbons (Fsp3) is 1.00. The Morgan fingerprint density at radius 3 is 1.83 bits per heavy atom. The molecule has 1 nitrogen and oxygen atoms in total. The Kier molecular flexibility index (Phi) is 2.51. The van der Waals surface area contributed by atoms with Gasteiger partial charge in [0.2, 0.25) is 0 Å². The first kappa shape index (κ1) is 6.82. The monoisotopic (exact) mass is 149 g/mol. The third-order valence-corrected chi connectivity index (χ3v) is 0.935. The van der Waals surface area contributed by atoms with Gasteiger partial charge in [0.1, 0.15) is 0 Å². The molecule has 5 heteroatoms. The molecule has 0 aromatic carbocycles. The van der Waals surface area contributed by atoms with E-state index in [1.54, 1.807) is 0 Å². The average Bonchev–Trinajstić information content (AvgIpc) is 1.35. The molecule has 0 atom stereocenters. The number of hydrogen-bond acceptors (Lipinski definition) is 2. The van der Waals surface area contributed by atoms with E-state index in [1.807, 2.05) is 0 Å². The summed E-state index contributed by atoms with van der Waals surface area (Å²) in [6, 6.07) is 0. The van der Waals surface area contributed by atoms with E-state index < -0.39 is 3.92 Å². The smallest absolute Gasteiger partial charge is 0.273 e. The molecule has 0 amide bonds. The van der Waals surface area contributed by atoms with Crippen LogP contribution in [-0.2, 0) is 0 Å². The topological polar surface area (TPSA) is 26.0 Å². The molecule has 2 N–H and O–H groups in total. The van der Waals surface area contributed by atoms with Gasteiger partial charge in [-0.3, -0.25) is 5.14 Å². The molecule has 0 aromatic heterocycles. The lowest BCUT2D eigenvalue weighted by atomic mass is 11.7. The zero-order chi connectivity index (χ0) is 5.21. The van der Waals surface area contributed by atoms with E-state index in [0.717, 1.165) is 0 Å². The highest BCUT2D eigenvalue weighted by molar-refractivity contribution is 8.00. The molecule has 0 aliphatic carbocycles. The SMILES string of the molecule is NSC(F)(Cl)Cl. The molecular formula is CH2Cl2FNS. The Balaban J connectivity index is 3.17. The summed E-state index contributed by atoms with van der Waals surface area (Å²) >= 11 is 9.55. The summed E-state index contributed by atoms with van der Waals surface area (Å²) in [7, 11) is 0. The number of hydrogen-bond donors (Lipinski definition) is 1. The van der Waals surface area contributed by atoms with Gasteiger partial charge in [0.05, 0.1) is 0 Å². The van der Waals surface area contributed by atoms with Crippen molar-refractivity contribution in [1.82, 2.24) is 0 Å². The molecule has 0 bridgehead atoms. The third kappa shape index (κ3) is 4.82. The van der Waals surface area contributed by atoms with Crippen LogP contribution >= 0.6 is 35.1 Å². The molecule has 0 saturated heterocycles. The maximum Gasteiger partial charge on any atom is 0.318 e. The van der Waals surface area contributed by atoms with E-state index in [-0.39, 0.29) is 11.9 Å². The van der Waals surface area contributed by atoms with E-state index >= 15 is 0 Å². The summed E-state index contributed by atoms with van der Waals surface area (Å²) in [4.78, 5) is 0. The maximum absolute atomic E-state index is 11.5. The lowest BCUT2D eigenvalue weighted by molar-refractivity contribution is 0.516. The number of rotatable bonds is 1. The van der Waals surface area contributed by atoms with Gasteiger partial charge < -0.3 is 0 Å². The fourth-order valence-electron chi connectivity index (χ4n) is 0. The van der Waals surface area contributed by atoms with Crippen LogP contribution in [0.5, 0.6) is 0 Å². The molecule has 0 saturated carbocycles. The fourth-order valence-corrected chi connectivity index (χ4v) is 0. The quantitative estimate of drug-likeness (QED) is 0.454. The predicted octanol–water partition coefficient (Wildman–Crippen LogP) is 1.65. The zero-order valence-electron chi connectivity index (χ0n) is 2.62. The van der Waals surface area contributed by atoms with E-state index in [0.29, 0.717) is 0 Å². The van der Waals surface area contributed by atoms with Crippen LogP contribution in [-0.4, -0.2) is 3.92 Å². The van der Waals surface area contributed by atoms with Crippen molar-refractivity contribution in [3.63, 3.8) is 0 Å². The average molecular weight is 150 g/mol. The molecular weight excluding hydrogens is 148 g/mol. The van der Waals surface area contributed by atoms with Crippen molar-refractivity contribution in [2.24, 2.45) is 5.14 Å².